The summed E-state index contributed by atoms with van der Waals surface area (Å²) in [6.45, 7) is 2.27. The first kappa shape index (κ1) is 18.0. The molecule has 0 spiro atoms. The second kappa shape index (κ2) is 6.77. The molecule has 1 aromatic rings. The van der Waals surface area contributed by atoms with Crippen molar-refractivity contribution in [1.29, 1.82) is 0 Å². The van der Waals surface area contributed by atoms with Crippen LogP contribution in [0, 0.1) is 17.3 Å². The van der Waals surface area contributed by atoms with Gasteiger partial charge in [0, 0.05) is 11.8 Å². The highest BCUT2D eigenvalue weighted by molar-refractivity contribution is 5.87. The van der Waals surface area contributed by atoms with Crippen LogP contribution in [0.4, 0.5) is 0 Å². The van der Waals surface area contributed by atoms with Gasteiger partial charge in [0.05, 0.1) is 13.4 Å². The number of fused-ring (bicyclic) bond motifs is 5. The molecule has 0 bridgehead atoms. The molecule has 0 N–H and O–H groups in total. The van der Waals surface area contributed by atoms with Gasteiger partial charge >= 0.3 is 0 Å². The van der Waals surface area contributed by atoms with E-state index in [9.17, 15) is 4.79 Å². The molecule has 28 heavy (non-hydrogen) atoms. The van der Waals surface area contributed by atoms with Gasteiger partial charge in [-0.1, -0.05) is 19.1 Å². The number of hydrogen-bond acceptors (Lipinski definition) is 4. The van der Waals surface area contributed by atoms with Crippen molar-refractivity contribution in [1.82, 2.24) is 0 Å². The van der Waals surface area contributed by atoms with Gasteiger partial charge in [-0.25, -0.2) is 0 Å². The predicted octanol–water partition coefficient (Wildman–Crippen LogP) is 4.54. The first-order chi connectivity index (χ1) is 13.6. The minimum atomic E-state index is -0.452. The lowest BCUT2D eigenvalue weighted by molar-refractivity contribution is -0.167. The van der Waals surface area contributed by atoms with Crippen LogP contribution in [-0.4, -0.2) is 25.3 Å². The van der Waals surface area contributed by atoms with Gasteiger partial charge in [-0.15, -0.1) is 0 Å². The minimum Gasteiger partial charge on any atom is -0.497 e. The van der Waals surface area contributed by atoms with Gasteiger partial charge in [0.2, 0.25) is 6.29 Å². The molecule has 1 heterocycles. The molecule has 0 amide bonds. The summed E-state index contributed by atoms with van der Waals surface area (Å²) in [4.78, 5) is 13.0. The zero-order valence-corrected chi connectivity index (χ0v) is 16.6. The summed E-state index contributed by atoms with van der Waals surface area (Å²) in [6.07, 6.45) is 11.4. The Kier molecular flexibility index (Phi) is 4.35. The molecule has 6 atom stereocenters. The van der Waals surface area contributed by atoms with Crippen molar-refractivity contribution in [2.45, 2.75) is 57.3 Å². The van der Waals surface area contributed by atoms with Crippen molar-refractivity contribution in [3.05, 3.63) is 53.8 Å². The molecular weight excluding hydrogens is 352 g/mol. The number of carbonyl (C=O) groups excluding carboxylic acids is 1. The average Bonchev–Trinajstić information content (AvgIpc) is 2.98. The van der Waals surface area contributed by atoms with Crippen molar-refractivity contribution in [2.24, 2.45) is 17.3 Å². The molecule has 1 aliphatic heterocycles. The number of ketones is 1. The predicted molar refractivity (Wildman–Crippen MR) is 106 cm³/mol. The van der Waals surface area contributed by atoms with Crippen molar-refractivity contribution < 1.29 is 19.0 Å². The number of aryl methyl sites for hydroxylation is 1. The van der Waals surface area contributed by atoms with Crippen molar-refractivity contribution >= 4 is 5.78 Å². The molecule has 4 nitrogen and oxygen atoms in total. The summed E-state index contributed by atoms with van der Waals surface area (Å²) in [7, 11) is 1.73. The molecule has 5 rings (SSSR count). The van der Waals surface area contributed by atoms with E-state index in [1.807, 2.05) is 18.2 Å². The topological polar surface area (TPSA) is 44.8 Å². The Bertz CT molecular complexity index is 841. The Morgan fingerprint density at radius 2 is 2.11 bits per heavy atom. The highest BCUT2D eigenvalue weighted by Gasteiger charge is 2.59. The molecule has 2 saturated carbocycles. The Morgan fingerprint density at radius 1 is 1.21 bits per heavy atom. The monoisotopic (exact) mass is 380 g/mol. The standard InChI is InChI=1S/C24H28O4/c1-24-11-10-18-17-9-7-16(26-2)13-15(17)6-8-19(18)20(24)14-21(25)23(24)28-22-5-3-4-12-27-22/h3-5,7,9,12-13,18-20,22-23H,6,8,10-11,14H2,1-2H3/t18-,19-,20+,22?,23+,24+/m1/s1. The second-order valence-electron chi connectivity index (χ2n) is 8.93. The van der Waals surface area contributed by atoms with Gasteiger partial charge in [0.15, 0.2) is 5.78 Å². The number of hydrogen-bond donors (Lipinski definition) is 0. The van der Waals surface area contributed by atoms with Crippen LogP contribution in [0.3, 0.4) is 0 Å². The SMILES string of the molecule is COc1ccc2c(c1)CC[C@@H]1[C@@H]2CC[C@]2(C)[C@@H](OC3C=CC=CO3)C(=O)C[C@@H]12. The summed E-state index contributed by atoms with van der Waals surface area (Å²) >= 11 is 0. The highest BCUT2D eigenvalue weighted by Crippen LogP contribution is 2.60. The number of rotatable bonds is 3. The van der Waals surface area contributed by atoms with Gasteiger partial charge < -0.3 is 14.2 Å². The Balaban J connectivity index is 1.40. The lowest BCUT2D eigenvalue weighted by Gasteiger charge is -2.50. The Hall–Kier alpha value is -2.07. The lowest BCUT2D eigenvalue weighted by atomic mass is 9.55. The van der Waals surface area contributed by atoms with E-state index in [-0.39, 0.29) is 17.3 Å². The van der Waals surface area contributed by atoms with Crippen LogP contribution in [0.5, 0.6) is 5.75 Å². The third-order valence-corrected chi connectivity index (χ3v) is 7.62. The van der Waals surface area contributed by atoms with Gasteiger partial charge in [-0.3, -0.25) is 4.79 Å². The summed E-state index contributed by atoms with van der Waals surface area (Å²) in [5.74, 6) is 2.69. The first-order valence-corrected chi connectivity index (χ1v) is 10.4. The smallest absolute Gasteiger partial charge is 0.219 e. The van der Waals surface area contributed by atoms with E-state index in [0.717, 1.165) is 31.4 Å². The van der Waals surface area contributed by atoms with E-state index in [0.29, 0.717) is 24.2 Å². The van der Waals surface area contributed by atoms with Crippen molar-refractivity contribution in [3.8, 4) is 5.75 Å². The Morgan fingerprint density at radius 3 is 2.89 bits per heavy atom. The number of carbonyl (C=O) groups is 1. The van der Waals surface area contributed by atoms with Gasteiger partial charge in [-0.2, -0.15) is 0 Å². The maximum atomic E-state index is 13.0. The number of benzene rings is 1. The van der Waals surface area contributed by atoms with E-state index in [2.05, 4.69) is 25.1 Å². The molecule has 148 valence electrons. The fraction of sp³-hybridized carbons (Fsp3) is 0.542. The molecule has 0 radical (unpaired) electrons. The molecule has 1 aromatic carbocycles. The summed E-state index contributed by atoms with van der Waals surface area (Å²) < 4.78 is 17.1. The van der Waals surface area contributed by atoms with Crippen LogP contribution in [0.2, 0.25) is 0 Å². The lowest BCUT2D eigenvalue weighted by Crippen LogP contribution is -2.46. The summed E-state index contributed by atoms with van der Waals surface area (Å²) in [6, 6.07) is 6.54. The maximum absolute atomic E-state index is 13.0. The van der Waals surface area contributed by atoms with Gasteiger partial charge in [0.1, 0.15) is 11.9 Å². The summed E-state index contributed by atoms with van der Waals surface area (Å²) in [5.41, 5.74) is 2.80. The number of ether oxygens (including phenoxy) is 3. The molecule has 3 aliphatic carbocycles. The Labute approximate surface area is 166 Å². The quantitative estimate of drug-likeness (QED) is 0.772. The normalized spacial score (nSPS) is 38.4. The van der Waals surface area contributed by atoms with E-state index in [1.165, 1.54) is 11.1 Å². The zero-order chi connectivity index (χ0) is 19.3. The molecule has 2 fully saturated rings. The molecule has 0 aromatic heterocycles. The zero-order valence-electron chi connectivity index (χ0n) is 16.6. The third kappa shape index (κ3) is 2.73. The number of allylic oxidation sites excluding steroid dienone is 2. The molecule has 4 aliphatic rings. The fourth-order valence-electron chi connectivity index (χ4n) is 6.25. The van der Waals surface area contributed by atoms with Gasteiger partial charge in [0.25, 0.3) is 0 Å². The fourth-order valence-corrected chi connectivity index (χ4v) is 6.25. The van der Waals surface area contributed by atoms with Crippen molar-refractivity contribution in [2.75, 3.05) is 7.11 Å². The van der Waals surface area contributed by atoms with Crippen LogP contribution < -0.4 is 4.74 Å². The molecule has 1 unspecified atom stereocenters. The van der Waals surface area contributed by atoms with Crippen LogP contribution in [-0.2, 0) is 20.7 Å². The van der Waals surface area contributed by atoms with Gasteiger partial charge in [-0.05, 0) is 78.8 Å². The average molecular weight is 380 g/mol. The van der Waals surface area contributed by atoms with E-state index >= 15 is 0 Å². The molecule has 0 saturated heterocycles. The van der Waals surface area contributed by atoms with Crippen LogP contribution >= 0.6 is 0 Å². The minimum absolute atomic E-state index is 0.0966. The van der Waals surface area contributed by atoms with Crippen molar-refractivity contribution in [3.63, 3.8) is 0 Å². The number of Topliss-reactive ketones (excluding diaryl/α,β-unsaturated/α-hetero) is 1. The maximum Gasteiger partial charge on any atom is 0.219 e. The molecule has 4 heteroatoms. The van der Waals surface area contributed by atoms with Crippen LogP contribution in [0.1, 0.15) is 49.7 Å². The first-order valence-electron chi connectivity index (χ1n) is 10.4. The molecular formula is C24H28O4. The number of methoxy groups -OCH3 is 1. The van der Waals surface area contributed by atoms with E-state index in [4.69, 9.17) is 14.2 Å². The second-order valence-corrected chi connectivity index (χ2v) is 8.93. The van der Waals surface area contributed by atoms with Crippen LogP contribution in [0.15, 0.2) is 42.7 Å². The van der Waals surface area contributed by atoms with E-state index < -0.39 is 6.29 Å². The highest BCUT2D eigenvalue weighted by atomic mass is 16.7. The van der Waals surface area contributed by atoms with E-state index in [1.54, 1.807) is 13.4 Å². The third-order valence-electron chi connectivity index (χ3n) is 7.62. The summed E-state index contributed by atoms with van der Waals surface area (Å²) in [5, 5.41) is 0. The largest absolute Gasteiger partial charge is 0.497 e. The van der Waals surface area contributed by atoms with Crippen LogP contribution in [0.25, 0.3) is 0 Å².